The lowest BCUT2D eigenvalue weighted by Crippen LogP contribution is -2.44. The van der Waals surface area contributed by atoms with Crippen molar-refractivity contribution in [3.63, 3.8) is 0 Å². The summed E-state index contributed by atoms with van der Waals surface area (Å²) in [7, 11) is 0. The topological polar surface area (TPSA) is 66.6 Å². The number of carbonyl (C=O) groups is 1. The molecule has 4 heteroatoms. The second-order valence-electron chi connectivity index (χ2n) is 3.31. The minimum absolute atomic E-state index is 0.495. The number of hydrogen-bond donors (Lipinski definition) is 2. The monoisotopic (exact) mass is 172 g/mol. The van der Waals surface area contributed by atoms with Gasteiger partial charge in [0.2, 0.25) is 0 Å². The molecule has 3 N–H and O–H groups in total. The summed E-state index contributed by atoms with van der Waals surface area (Å²) in [5.41, 5.74) is 5.41. The van der Waals surface area contributed by atoms with Gasteiger partial charge in [-0.3, -0.25) is 4.79 Å². The van der Waals surface area contributed by atoms with Gasteiger partial charge in [0.15, 0.2) is 0 Å². The molecule has 0 aromatic heterocycles. The van der Waals surface area contributed by atoms with E-state index in [1.807, 2.05) is 0 Å². The van der Waals surface area contributed by atoms with E-state index < -0.39 is 12.0 Å². The normalized spacial score (nSPS) is 22.1. The van der Waals surface area contributed by atoms with Gasteiger partial charge in [-0.2, -0.15) is 0 Å². The van der Waals surface area contributed by atoms with E-state index in [4.69, 9.17) is 10.8 Å². The smallest absolute Gasteiger partial charge is 0.321 e. The number of piperidine rings is 1. The average molecular weight is 172 g/mol. The molecule has 0 amide bonds. The first-order chi connectivity index (χ1) is 5.70. The molecule has 0 saturated carbocycles. The maximum absolute atomic E-state index is 10.4. The quantitative estimate of drug-likeness (QED) is 0.623. The van der Waals surface area contributed by atoms with Gasteiger partial charge in [0, 0.05) is 6.54 Å². The highest BCUT2D eigenvalue weighted by molar-refractivity contribution is 5.73. The fourth-order valence-electron chi connectivity index (χ4n) is 1.50. The third-order valence-electron chi connectivity index (χ3n) is 2.22. The van der Waals surface area contributed by atoms with Gasteiger partial charge >= 0.3 is 5.97 Å². The Bertz CT molecular complexity index is 155. The molecule has 0 aromatic carbocycles. The Hall–Kier alpha value is -0.610. The summed E-state index contributed by atoms with van der Waals surface area (Å²) in [5, 5.41) is 8.56. The Morgan fingerprint density at radius 2 is 2.00 bits per heavy atom. The first-order valence-electron chi connectivity index (χ1n) is 4.41. The first kappa shape index (κ1) is 9.48. The predicted molar refractivity (Wildman–Crippen MR) is 45.9 cm³/mol. The van der Waals surface area contributed by atoms with Crippen LogP contribution in [0.3, 0.4) is 0 Å². The van der Waals surface area contributed by atoms with Crippen molar-refractivity contribution in [2.45, 2.75) is 25.3 Å². The van der Waals surface area contributed by atoms with E-state index in [2.05, 4.69) is 4.90 Å². The summed E-state index contributed by atoms with van der Waals surface area (Å²) in [4.78, 5) is 12.5. The van der Waals surface area contributed by atoms with Crippen LogP contribution in [0.15, 0.2) is 0 Å². The van der Waals surface area contributed by atoms with Crippen LogP contribution in [-0.4, -0.2) is 41.7 Å². The Morgan fingerprint density at radius 3 is 2.50 bits per heavy atom. The van der Waals surface area contributed by atoms with Gasteiger partial charge in [0.1, 0.15) is 6.04 Å². The van der Waals surface area contributed by atoms with E-state index in [1.54, 1.807) is 0 Å². The minimum Gasteiger partial charge on any atom is -0.480 e. The van der Waals surface area contributed by atoms with Gasteiger partial charge < -0.3 is 15.7 Å². The summed E-state index contributed by atoms with van der Waals surface area (Å²) >= 11 is 0. The van der Waals surface area contributed by atoms with E-state index in [-0.39, 0.29) is 0 Å². The molecule has 1 aliphatic rings. The maximum Gasteiger partial charge on any atom is 0.321 e. The Kier molecular flexibility index (Phi) is 3.49. The molecule has 0 unspecified atom stereocenters. The SMILES string of the molecule is N[C@H](CN1CCCCC1)C(=O)O. The van der Waals surface area contributed by atoms with Crippen LogP contribution in [0.5, 0.6) is 0 Å². The van der Waals surface area contributed by atoms with Gasteiger partial charge in [-0.1, -0.05) is 6.42 Å². The zero-order valence-corrected chi connectivity index (χ0v) is 7.20. The Balaban J connectivity index is 2.24. The molecule has 70 valence electrons. The highest BCUT2D eigenvalue weighted by Crippen LogP contribution is 2.08. The summed E-state index contributed by atoms with van der Waals surface area (Å²) in [6, 6.07) is -0.719. The van der Waals surface area contributed by atoms with Crippen molar-refractivity contribution in [1.29, 1.82) is 0 Å². The van der Waals surface area contributed by atoms with Crippen LogP contribution in [-0.2, 0) is 4.79 Å². The fraction of sp³-hybridized carbons (Fsp3) is 0.875. The molecule has 1 rings (SSSR count). The Labute approximate surface area is 72.3 Å². The van der Waals surface area contributed by atoms with Crippen LogP contribution < -0.4 is 5.73 Å². The van der Waals surface area contributed by atoms with Crippen molar-refractivity contribution in [3.05, 3.63) is 0 Å². The van der Waals surface area contributed by atoms with E-state index >= 15 is 0 Å². The summed E-state index contributed by atoms with van der Waals surface area (Å²) in [5.74, 6) is -0.902. The highest BCUT2D eigenvalue weighted by Gasteiger charge is 2.17. The van der Waals surface area contributed by atoms with Crippen molar-refractivity contribution in [1.82, 2.24) is 4.90 Å². The van der Waals surface area contributed by atoms with Crippen LogP contribution in [0, 0.1) is 0 Å². The van der Waals surface area contributed by atoms with Crippen LogP contribution >= 0.6 is 0 Å². The average Bonchev–Trinajstić information content (AvgIpc) is 2.06. The number of hydrogen-bond acceptors (Lipinski definition) is 3. The molecule has 12 heavy (non-hydrogen) atoms. The predicted octanol–water partition coefficient (Wildman–Crippen LogP) is -0.116. The molecule has 1 saturated heterocycles. The standard InChI is InChI=1S/C8H16N2O2/c9-7(8(11)12)6-10-4-2-1-3-5-10/h7H,1-6,9H2,(H,11,12)/t7-/m1/s1. The molecular weight excluding hydrogens is 156 g/mol. The molecule has 0 bridgehead atoms. The summed E-state index contributed by atoms with van der Waals surface area (Å²) in [6.07, 6.45) is 3.61. The van der Waals surface area contributed by atoms with Gasteiger partial charge in [0.05, 0.1) is 0 Å². The molecule has 4 nitrogen and oxygen atoms in total. The lowest BCUT2D eigenvalue weighted by Gasteiger charge is -2.27. The zero-order chi connectivity index (χ0) is 8.97. The number of rotatable bonds is 3. The lowest BCUT2D eigenvalue weighted by molar-refractivity contribution is -0.139. The molecule has 0 radical (unpaired) electrons. The fourth-order valence-corrected chi connectivity index (χ4v) is 1.50. The number of carboxylic acid groups (broad SMARTS) is 1. The molecule has 1 fully saturated rings. The lowest BCUT2D eigenvalue weighted by atomic mass is 10.1. The molecule has 1 aliphatic heterocycles. The van der Waals surface area contributed by atoms with Gasteiger partial charge in [-0.05, 0) is 25.9 Å². The Morgan fingerprint density at radius 1 is 1.42 bits per heavy atom. The first-order valence-corrected chi connectivity index (χ1v) is 4.41. The zero-order valence-electron chi connectivity index (χ0n) is 7.20. The van der Waals surface area contributed by atoms with E-state index in [0.717, 1.165) is 13.1 Å². The second-order valence-corrected chi connectivity index (χ2v) is 3.31. The van der Waals surface area contributed by atoms with E-state index in [1.165, 1.54) is 19.3 Å². The minimum atomic E-state index is -0.902. The van der Waals surface area contributed by atoms with Crippen LogP contribution in [0.1, 0.15) is 19.3 Å². The number of nitrogens with zero attached hydrogens (tertiary/aromatic N) is 1. The molecular formula is C8H16N2O2. The summed E-state index contributed by atoms with van der Waals surface area (Å²) in [6.45, 7) is 2.50. The maximum atomic E-state index is 10.4. The van der Waals surface area contributed by atoms with Crippen molar-refractivity contribution in [3.8, 4) is 0 Å². The molecule has 1 atom stereocenters. The van der Waals surface area contributed by atoms with Gasteiger partial charge in [-0.15, -0.1) is 0 Å². The van der Waals surface area contributed by atoms with E-state index in [0.29, 0.717) is 6.54 Å². The largest absolute Gasteiger partial charge is 0.480 e. The van der Waals surface area contributed by atoms with Crippen molar-refractivity contribution < 1.29 is 9.90 Å². The number of likely N-dealkylation sites (tertiary alicyclic amines) is 1. The molecule has 1 heterocycles. The number of nitrogens with two attached hydrogens (primary N) is 1. The summed E-state index contributed by atoms with van der Waals surface area (Å²) < 4.78 is 0. The highest BCUT2D eigenvalue weighted by atomic mass is 16.4. The van der Waals surface area contributed by atoms with Crippen LogP contribution in [0.2, 0.25) is 0 Å². The van der Waals surface area contributed by atoms with Crippen molar-refractivity contribution >= 4 is 5.97 Å². The van der Waals surface area contributed by atoms with Crippen LogP contribution in [0.25, 0.3) is 0 Å². The third-order valence-corrected chi connectivity index (χ3v) is 2.22. The van der Waals surface area contributed by atoms with Crippen molar-refractivity contribution in [2.75, 3.05) is 19.6 Å². The molecule has 0 spiro atoms. The second kappa shape index (κ2) is 4.42. The molecule has 0 aliphatic carbocycles. The van der Waals surface area contributed by atoms with E-state index in [9.17, 15) is 4.79 Å². The molecule has 0 aromatic rings. The van der Waals surface area contributed by atoms with Gasteiger partial charge in [-0.25, -0.2) is 0 Å². The number of carboxylic acids is 1. The number of aliphatic carboxylic acids is 1. The third kappa shape index (κ3) is 2.79. The van der Waals surface area contributed by atoms with Crippen LogP contribution in [0.4, 0.5) is 0 Å². The van der Waals surface area contributed by atoms with Crippen molar-refractivity contribution in [2.24, 2.45) is 5.73 Å². The van der Waals surface area contributed by atoms with Gasteiger partial charge in [0.25, 0.3) is 0 Å².